The third-order valence-corrected chi connectivity index (χ3v) is 5.47. The minimum Gasteiger partial charge on any atom is -0.494 e. The number of hydrogen-bond donors (Lipinski definition) is 3. The highest BCUT2D eigenvalue weighted by molar-refractivity contribution is 7.89. The molecule has 8 nitrogen and oxygen atoms in total. The summed E-state index contributed by atoms with van der Waals surface area (Å²) in [7, 11) is -3.74. The van der Waals surface area contributed by atoms with Gasteiger partial charge in [0.1, 0.15) is 11.8 Å². The fraction of sp³-hybridized carbons (Fsp3) is 0.529. The second kappa shape index (κ2) is 9.00. The summed E-state index contributed by atoms with van der Waals surface area (Å²) < 4.78 is 32.0. The molecular formula is C17H24N2O6S. The van der Waals surface area contributed by atoms with Crippen LogP contribution in [0.4, 0.5) is 0 Å². The largest absolute Gasteiger partial charge is 0.494 e. The summed E-state index contributed by atoms with van der Waals surface area (Å²) in [6.45, 7) is 2.20. The molecule has 1 aromatic carbocycles. The summed E-state index contributed by atoms with van der Waals surface area (Å²) in [6, 6.07) is 5.03. The van der Waals surface area contributed by atoms with Gasteiger partial charge in [-0.2, -0.15) is 0 Å². The molecule has 1 atom stereocenters. The highest BCUT2D eigenvalue weighted by Crippen LogP contribution is 2.33. The van der Waals surface area contributed by atoms with Crippen LogP contribution in [-0.2, 0) is 19.6 Å². The zero-order valence-corrected chi connectivity index (χ0v) is 15.4. The van der Waals surface area contributed by atoms with E-state index in [1.54, 1.807) is 12.1 Å². The Hall–Kier alpha value is -2.13. The molecule has 0 radical (unpaired) electrons. The lowest BCUT2D eigenvalue weighted by atomic mass is 10.1. The average molecular weight is 384 g/mol. The second-order valence-corrected chi connectivity index (χ2v) is 7.96. The summed E-state index contributed by atoms with van der Waals surface area (Å²) in [5.41, 5.74) is 0. The molecule has 26 heavy (non-hydrogen) atoms. The van der Waals surface area contributed by atoms with Gasteiger partial charge in [-0.25, -0.2) is 17.9 Å². The molecule has 1 aliphatic rings. The molecule has 0 spiro atoms. The second-order valence-electron chi connectivity index (χ2n) is 6.19. The number of aliphatic carboxylic acids is 1. The van der Waals surface area contributed by atoms with Gasteiger partial charge in [-0.15, -0.1) is 0 Å². The predicted octanol–water partition coefficient (Wildman–Crippen LogP) is 1.12. The molecule has 1 aliphatic carbocycles. The molecule has 3 N–H and O–H groups in total. The topological polar surface area (TPSA) is 122 Å². The Morgan fingerprint density at radius 3 is 2.46 bits per heavy atom. The normalized spacial score (nSPS) is 15.3. The van der Waals surface area contributed by atoms with Crippen LogP contribution in [0.5, 0.6) is 5.75 Å². The van der Waals surface area contributed by atoms with E-state index in [4.69, 9.17) is 9.84 Å². The molecule has 144 valence electrons. The number of sulfonamides is 1. The number of benzene rings is 1. The van der Waals surface area contributed by atoms with E-state index in [1.807, 2.05) is 6.92 Å². The van der Waals surface area contributed by atoms with E-state index in [-0.39, 0.29) is 17.9 Å². The van der Waals surface area contributed by atoms with Crippen LogP contribution in [0, 0.1) is 5.92 Å². The number of amides is 1. The molecule has 2 rings (SSSR count). The van der Waals surface area contributed by atoms with Crippen molar-refractivity contribution in [3.8, 4) is 5.75 Å². The zero-order valence-electron chi connectivity index (χ0n) is 14.6. The van der Waals surface area contributed by atoms with Crippen LogP contribution in [0.1, 0.15) is 32.6 Å². The lowest BCUT2D eigenvalue weighted by molar-refractivity contribution is -0.142. The molecule has 1 aromatic rings. The van der Waals surface area contributed by atoms with Crippen LogP contribution in [0.2, 0.25) is 0 Å². The minimum atomic E-state index is -3.74. The van der Waals surface area contributed by atoms with Crippen LogP contribution in [0.3, 0.4) is 0 Å². The van der Waals surface area contributed by atoms with Crippen molar-refractivity contribution < 1.29 is 27.9 Å². The van der Waals surface area contributed by atoms with Crippen molar-refractivity contribution in [2.75, 3.05) is 13.2 Å². The lowest BCUT2D eigenvalue weighted by Crippen LogP contribution is -2.42. The Bertz CT molecular complexity index is 728. The van der Waals surface area contributed by atoms with Crippen molar-refractivity contribution in [1.82, 2.24) is 10.0 Å². The van der Waals surface area contributed by atoms with Crippen molar-refractivity contribution in [3.05, 3.63) is 24.3 Å². The van der Waals surface area contributed by atoms with Gasteiger partial charge < -0.3 is 15.2 Å². The summed E-state index contributed by atoms with van der Waals surface area (Å²) in [5, 5.41) is 11.6. The van der Waals surface area contributed by atoms with E-state index in [2.05, 4.69) is 10.0 Å². The highest BCUT2D eigenvalue weighted by Gasteiger charge is 2.30. The molecule has 9 heteroatoms. The minimum absolute atomic E-state index is 0.0681. The number of nitrogens with one attached hydrogen (secondary N) is 2. The molecule has 1 amide bonds. The smallest absolute Gasteiger partial charge is 0.326 e. The first-order valence-electron chi connectivity index (χ1n) is 8.56. The maximum atomic E-state index is 12.2. The number of hydrogen-bond acceptors (Lipinski definition) is 5. The first-order valence-corrected chi connectivity index (χ1v) is 10.0. The van der Waals surface area contributed by atoms with Gasteiger partial charge in [-0.05, 0) is 43.5 Å². The van der Waals surface area contributed by atoms with Crippen molar-refractivity contribution in [2.24, 2.45) is 5.92 Å². The highest BCUT2D eigenvalue weighted by atomic mass is 32.2. The van der Waals surface area contributed by atoms with Crippen LogP contribution in [0.15, 0.2) is 29.2 Å². The van der Waals surface area contributed by atoms with Gasteiger partial charge in [-0.3, -0.25) is 4.79 Å². The number of carboxylic acids is 1. The molecule has 0 aliphatic heterocycles. The molecule has 1 unspecified atom stereocenters. The van der Waals surface area contributed by atoms with Crippen molar-refractivity contribution >= 4 is 21.9 Å². The number of carbonyl (C=O) groups excluding carboxylic acids is 1. The Kier molecular flexibility index (Phi) is 6.98. The number of rotatable bonds is 11. The summed E-state index contributed by atoms with van der Waals surface area (Å²) in [6.07, 6.45) is 2.26. The summed E-state index contributed by atoms with van der Waals surface area (Å²) >= 11 is 0. The third-order valence-electron chi connectivity index (χ3n) is 3.99. The molecule has 1 fully saturated rings. The Labute approximate surface area is 153 Å². The van der Waals surface area contributed by atoms with E-state index in [1.165, 1.54) is 12.1 Å². The third kappa shape index (κ3) is 6.30. The first kappa shape index (κ1) is 20.2. The first-order chi connectivity index (χ1) is 12.3. The fourth-order valence-corrected chi connectivity index (χ4v) is 3.47. The molecule has 0 bridgehead atoms. The van der Waals surface area contributed by atoms with Gasteiger partial charge in [0.05, 0.1) is 11.5 Å². The van der Waals surface area contributed by atoms with Gasteiger partial charge in [-0.1, -0.05) is 12.8 Å². The van der Waals surface area contributed by atoms with Crippen molar-refractivity contribution in [2.45, 2.75) is 43.5 Å². The standard InChI is InChI=1S/C17H24N2O6S/c1-2-25-13-5-7-14(8-6-13)26(23,24)18-10-9-16(20)19-15(17(21)22)11-12-3-4-12/h5-8,12,15,18H,2-4,9-11H2,1H3,(H,19,20)(H,21,22). The Morgan fingerprint density at radius 1 is 1.27 bits per heavy atom. The van der Waals surface area contributed by atoms with Gasteiger partial charge in [0, 0.05) is 13.0 Å². The monoisotopic (exact) mass is 384 g/mol. The maximum absolute atomic E-state index is 12.2. The van der Waals surface area contributed by atoms with Crippen LogP contribution in [-0.4, -0.2) is 44.6 Å². The zero-order chi connectivity index (χ0) is 19.2. The molecule has 0 saturated heterocycles. The molecule has 1 saturated carbocycles. The van der Waals surface area contributed by atoms with Gasteiger partial charge in [0.15, 0.2) is 0 Å². The quantitative estimate of drug-likeness (QED) is 0.526. The molecular weight excluding hydrogens is 360 g/mol. The van der Waals surface area contributed by atoms with Crippen molar-refractivity contribution in [3.63, 3.8) is 0 Å². The SMILES string of the molecule is CCOc1ccc(S(=O)(=O)NCCC(=O)NC(CC2CC2)C(=O)O)cc1. The summed E-state index contributed by atoms with van der Waals surface area (Å²) in [4.78, 5) is 23.1. The Morgan fingerprint density at radius 2 is 1.92 bits per heavy atom. The Balaban J connectivity index is 1.81. The van der Waals surface area contributed by atoms with Gasteiger partial charge in [0.2, 0.25) is 15.9 Å². The maximum Gasteiger partial charge on any atom is 0.326 e. The van der Waals surface area contributed by atoms with Gasteiger partial charge >= 0.3 is 5.97 Å². The average Bonchev–Trinajstić information content (AvgIpc) is 3.39. The number of ether oxygens (including phenoxy) is 1. The van der Waals surface area contributed by atoms with Crippen molar-refractivity contribution in [1.29, 1.82) is 0 Å². The summed E-state index contributed by atoms with van der Waals surface area (Å²) in [5.74, 6) is -0.636. The molecule has 0 aromatic heterocycles. The van der Waals surface area contributed by atoms with E-state index in [0.717, 1.165) is 12.8 Å². The number of carboxylic acid groups (broad SMARTS) is 1. The van der Waals surface area contributed by atoms with E-state index >= 15 is 0 Å². The van der Waals surface area contributed by atoms with Crippen LogP contribution < -0.4 is 14.8 Å². The molecule has 0 heterocycles. The predicted molar refractivity (Wildman–Crippen MR) is 94.3 cm³/mol. The lowest BCUT2D eigenvalue weighted by Gasteiger charge is -2.14. The van der Waals surface area contributed by atoms with E-state index < -0.39 is 27.9 Å². The van der Waals surface area contributed by atoms with E-state index in [0.29, 0.717) is 24.7 Å². The van der Waals surface area contributed by atoms with Crippen LogP contribution in [0.25, 0.3) is 0 Å². The van der Waals surface area contributed by atoms with E-state index in [9.17, 15) is 18.0 Å². The van der Waals surface area contributed by atoms with Gasteiger partial charge in [0.25, 0.3) is 0 Å². The van der Waals surface area contributed by atoms with Crippen LogP contribution >= 0.6 is 0 Å². The fourth-order valence-electron chi connectivity index (χ4n) is 2.44. The number of carbonyl (C=O) groups is 2.